The second kappa shape index (κ2) is 4.81. The molecule has 2 aromatic rings. The number of H-pyrrole nitrogens is 1. The van der Waals surface area contributed by atoms with E-state index in [9.17, 15) is 5.11 Å². The molecule has 0 amide bonds. The Morgan fingerprint density at radius 2 is 2.19 bits per heavy atom. The Kier molecular flexibility index (Phi) is 3.22. The second-order valence-corrected chi connectivity index (χ2v) is 3.65. The van der Waals surface area contributed by atoms with E-state index >= 15 is 0 Å². The van der Waals surface area contributed by atoms with E-state index in [2.05, 4.69) is 15.5 Å². The largest absolute Gasteiger partial charge is 0.507 e. The van der Waals surface area contributed by atoms with Crippen LogP contribution in [0.1, 0.15) is 5.69 Å². The highest BCUT2D eigenvalue weighted by atomic mass is 16.3. The zero-order valence-corrected chi connectivity index (χ0v) is 9.20. The minimum absolute atomic E-state index is 0.258. The van der Waals surface area contributed by atoms with E-state index in [0.717, 1.165) is 29.9 Å². The summed E-state index contributed by atoms with van der Waals surface area (Å²) in [5.41, 5.74) is 2.60. The van der Waals surface area contributed by atoms with E-state index in [-0.39, 0.29) is 5.75 Å². The molecule has 0 aliphatic rings. The molecular weight excluding hydrogens is 202 g/mol. The number of rotatable bonds is 4. The highest BCUT2D eigenvalue weighted by Gasteiger charge is 2.07. The van der Waals surface area contributed by atoms with Gasteiger partial charge in [-0.15, -0.1) is 0 Å². The van der Waals surface area contributed by atoms with Crippen LogP contribution in [-0.4, -0.2) is 28.9 Å². The molecule has 1 heterocycles. The molecule has 0 aliphatic carbocycles. The number of aromatic amines is 1. The van der Waals surface area contributed by atoms with Crippen LogP contribution in [0.4, 0.5) is 0 Å². The Hall–Kier alpha value is -1.81. The van der Waals surface area contributed by atoms with Gasteiger partial charge in [0.25, 0.3) is 0 Å². The third-order valence-electron chi connectivity index (χ3n) is 2.46. The molecule has 0 fully saturated rings. The van der Waals surface area contributed by atoms with E-state index in [1.165, 1.54) is 0 Å². The predicted octanol–water partition coefficient (Wildman–Crippen LogP) is 1.54. The van der Waals surface area contributed by atoms with Crippen molar-refractivity contribution < 1.29 is 5.11 Å². The van der Waals surface area contributed by atoms with Crippen molar-refractivity contribution in [2.45, 2.75) is 6.42 Å². The normalized spacial score (nSPS) is 10.6. The molecule has 0 unspecified atom stereocenters. The molecule has 2 rings (SSSR count). The summed E-state index contributed by atoms with van der Waals surface area (Å²) >= 11 is 0. The lowest BCUT2D eigenvalue weighted by atomic mass is 10.1. The van der Waals surface area contributed by atoms with Crippen molar-refractivity contribution in [3.05, 3.63) is 36.0 Å². The number of nitrogens with one attached hydrogen (secondary N) is 2. The lowest BCUT2D eigenvalue weighted by molar-refractivity contribution is 0.477. The molecule has 3 N–H and O–H groups in total. The molecule has 0 bridgehead atoms. The Morgan fingerprint density at radius 3 is 2.94 bits per heavy atom. The van der Waals surface area contributed by atoms with Gasteiger partial charge in [0.2, 0.25) is 0 Å². The number of para-hydroxylation sites is 1. The minimum atomic E-state index is 0.258. The third-order valence-corrected chi connectivity index (χ3v) is 2.46. The van der Waals surface area contributed by atoms with Crippen molar-refractivity contribution in [2.24, 2.45) is 0 Å². The minimum Gasteiger partial charge on any atom is -0.507 e. The van der Waals surface area contributed by atoms with Gasteiger partial charge in [-0.3, -0.25) is 5.10 Å². The van der Waals surface area contributed by atoms with Crippen molar-refractivity contribution in [3.63, 3.8) is 0 Å². The van der Waals surface area contributed by atoms with Crippen molar-refractivity contribution >= 4 is 0 Å². The van der Waals surface area contributed by atoms with Gasteiger partial charge >= 0.3 is 0 Å². The van der Waals surface area contributed by atoms with E-state index < -0.39 is 0 Å². The van der Waals surface area contributed by atoms with Gasteiger partial charge in [-0.1, -0.05) is 12.1 Å². The first kappa shape index (κ1) is 10.7. The zero-order valence-electron chi connectivity index (χ0n) is 9.20. The van der Waals surface area contributed by atoms with Gasteiger partial charge < -0.3 is 10.4 Å². The summed E-state index contributed by atoms with van der Waals surface area (Å²) in [7, 11) is 1.92. The average Bonchev–Trinajstić information content (AvgIpc) is 2.75. The fourth-order valence-electron chi connectivity index (χ4n) is 1.58. The maximum Gasteiger partial charge on any atom is 0.125 e. The molecule has 1 aromatic heterocycles. The quantitative estimate of drug-likeness (QED) is 0.728. The summed E-state index contributed by atoms with van der Waals surface area (Å²) in [6.07, 6.45) is 0.900. The van der Waals surface area contributed by atoms with Gasteiger partial charge in [-0.05, 0) is 25.2 Å². The lowest BCUT2D eigenvalue weighted by Crippen LogP contribution is -2.10. The highest BCUT2D eigenvalue weighted by molar-refractivity contribution is 5.66. The zero-order chi connectivity index (χ0) is 11.4. The Balaban J connectivity index is 2.22. The Bertz CT molecular complexity index is 465. The third kappa shape index (κ3) is 2.23. The number of likely N-dealkylation sites (N-methyl/N-ethyl adjacent to an activating group) is 1. The summed E-state index contributed by atoms with van der Waals surface area (Å²) in [6, 6.07) is 9.17. The van der Waals surface area contributed by atoms with Gasteiger partial charge in [-0.2, -0.15) is 5.10 Å². The van der Waals surface area contributed by atoms with Crippen molar-refractivity contribution in [1.29, 1.82) is 0 Å². The SMILES string of the molecule is CNCCc1cc(-c2ccccc2O)n[nH]1. The summed E-state index contributed by atoms with van der Waals surface area (Å²) < 4.78 is 0. The number of benzene rings is 1. The monoisotopic (exact) mass is 217 g/mol. The maximum atomic E-state index is 9.68. The van der Waals surface area contributed by atoms with Gasteiger partial charge in [0, 0.05) is 24.2 Å². The maximum absolute atomic E-state index is 9.68. The summed E-state index contributed by atoms with van der Waals surface area (Å²) in [5, 5.41) is 19.9. The van der Waals surface area contributed by atoms with Gasteiger partial charge in [0.05, 0.1) is 5.69 Å². The molecule has 0 spiro atoms. The van der Waals surface area contributed by atoms with Crippen LogP contribution in [0.3, 0.4) is 0 Å². The average molecular weight is 217 g/mol. The number of aromatic nitrogens is 2. The van der Waals surface area contributed by atoms with E-state index in [0.29, 0.717) is 0 Å². The number of phenolic OH excluding ortho intramolecular Hbond substituents is 1. The molecule has 84 valence electrons. The number of aromatic hydroxyl groups is 1. The predicted molar refractivity (Wildman–Crippen MR) is 63.3 cm³/mol. The summed E-state index contributed by atoms with van der Waals surface area (Å²) in [4.78, 5) is 0. The second-order valence-electron chi connectivity index (χ2n) is 3.65. The van der Waals surface area contributed by atoms with Crippen LogP contribution >= 0.6 is 0 Å². The first-order chi connectivity index (χ1) is 7.81. The Labute approximate surface area is 94.3 Å². The van der Waals surface area contributed by atoms with E-state index in [4.69, 9.17) is 0 Å². The fraction of sp³-hybridized carbons (Fsp3) is 0.250. The van der Waals surface area contributed by atoms with Crippen LogP contribution in [0.25, 0.3) is 11.3 Å². The first-order valence-corrected chi connectivity index (χ1v) is 5.28. The van der Waals surface area contributed by atoms with Crippen molar-refractivity contribution in [2.75, 3.05) is 13.6 Å². The molecule has 0 saturated carbocycles. The standard InChI is InChI=1S/C12H15N3O/c1-13-7-6-9-8-11(15-14-9)10-4-2-3-5-12(10)16/h2-5,8,13,16H,6-7H2,1H3,(H,14,15). The molecule has 0 radical (unpaired) electrons. The molecule has 0 saturated heterocycles. The molecule has 0 aliphatic heterocycles. The van der Waals surface area contributed by atoms with Crippen LogP contribution in [-0.2, 0) is 6.42 Å². The van der Waals surface area contributed by atoms with Gasteiger partial charge in [0.15, 0.2) is 0 Å². The number of hydrogen-bond acceptors (Lipinski definition) is 3. The first-order valence-electron chi connectivity index (χ1n) is 5.28. The topological polar surface area (TPSA) is 60.9 Å². The van der Waals surface area contributed by atoms with Crippen LogP contribution in [0.5, 0.6) is 5.75 Å². The molecule has 4 heteroatoms. The van der Waals surface area contributed by atoms with E-state index in [1.54, 1.807) is 12.1 Å². The summed E-state index contributed by atoms with van der Waals surface area (Å²) in [6.45, 7) is 0.905. The smallest absolute Gasteiger partial charge is 0.125 e. The van der Waals surface area contributed by atoms with Crippen molar-refractivity contribution in [1.82, 2.24) is 15.5 Å². The molecule has 4 nitrogen and oxygen atoms in total. The Morgan fingerprint density at radius 1 is 1.38 bits per heavy atom. The van der Waals surface area contributed by atoms with Crippen LogP contribution in [0.15, 0.2) is 30.3 Å². The van der Waals surface area contributed by atoms with Crippen molar-refractivity contribution in [3.8, 4) is 17.0 Å². The van der Waals surface area contributed by atoms with E-state index in [1.807, 2.05) is 25.2 Å². The fourth-order valence-corrected chi connectivity index (χ4v) is 1.58. The number of nitrogens with zero attached hydrogens (tertiary/aromatic N) is 1. The summed E-state index contributed by atoms with van der Waals surface area (Å²) in [5.74, 6) is 0.258. The molecule has 1 aromatic carbocycles. The van der Waals surface area contributed by atoms with Crippen LogP contribution in [0, 0.1) is 0 Å². The highest BCUT2D eigenvalue weighted by Crippen LogP contribution is 2.27. The lowest BCUT2D eigenvalue weighted by Gasteiger charge is -1.98. The van der Waals surface area contributed by atoms with Crippen LogP contribution in [0.2, 0.25) is 0 Å². The van der Waals surface area contributed by atoms with Crippen LogP contribution < -0.4 is 5.32 Å². The molecule has 16 heavy (non-hydrogen) atoms. The molecular formula is C12H15N3O. The molecule has 0 atom stereocenters. The van der Waals surface area contributed by atoms with Gasteiger partial charge in [0.1, 0.15) is 5.75 Å². The van der Waals surface area contributed by atoms with Gasteiger partial charge in [-0.25, -0.2) is 0 Å². The number of phenols is 1. The number of hydrogen-bond donors (Lipinski definition) is 3.